The Kier molecular flexibility index (Phi) is 6.78. The van der Waals surface area contributed by atoms with Gasteiger partial charge in [-0.1, -0.05) is 20.8 Å². The number of nitrogens with zero attached hydrogens (tertiary/aromatic N) is 1. The lowest BCUT2D eigenvalue weighted by Crippen LogP contribution is -2.59. The molecule has 1 atom stereocenters. The first-order valence-corrected chi connectivity index (χ1v) is 7.96. The van der Waals surface area contributed by atoms with Gasteiger partial charge in [-0.25, -0.2) is 0 Å². The van der Waals surface area contributed by atoms with Crippen molar-refractivity contribution in [3.8, 4) is 0 Å². The summed E-state index contributed by atoms with van der Waals surface area (Å²) in [4.78, 5) is 2.59. The second kappa shape index (κ2) is 7.61. The van der Waals surface area contributed by atoms with E-state index in [0.29, 0.717) is 6.04 Å². The van der Waals surface area contributed by atoms with Gasteiger partial charge < -0.3 is 10.5 Å². The zero-order valence-electron chi connectivity index (χ0n) is 13.6. The van der Waals surface area contributed by atoms with Crippen LogP contribution in [0.1, 0.15) is 53.4 Å². The fraction of sp³-hybridized carbons (Fsp3) is 1.00. The van der Waals surface area contributed by atoms with Crippen LogP contribution in [0.3, 0.4) is 0 Å². The van der Waals surface area contributed by atoms with Crippen molar-refractivity contribution in [3.63, 3.8) is 0 Å². The zero-order valence-corrected chi connectivity index (χ0v) is 13.6. The first-order valence-electron chi connectivity index (χ1n) is 7.96. The summed E-state index contributed by atoms with van der Waals surface area (Å²) in [5.74, 6) is 1.69. The zero-order chi connectivity index (χ0) is 14.5. The fourth-order valence-corrected chi connectivity index (χ4v) is 3.90. The molecular formula is C16H34N2O. The van der Waals surface area contributed by atoms with E-state index >= 15 is 0 Å². The summed E-state index contributed by atoms with van der Waals surface area (Å²) in [6, 6.07) is 0.453. The largest absolute Gasteiger partial charge is 0.383 e. The van der Waals surface area contributed by atoms with Crippen molar-refractivity contribution >= 4 is 0 Å². The lowest BCUT2D eigenvalue weighted by atomic mass is 9.71. The van der Waals surface area contributed by atoms with Crippen molar-refractivity contribution < 1.29 is 4.74 Å². The summed E-state index contributed by atoms with van der Waals surface area (Å²) in [6.07, 6.45) is 5.14. The van der Waals surface area contributed by atoms with E-state index in [0.717, 1.165) is 31.5 Å². The van der Waals surface area contributed by atoms with Gasteiger partial charge >= 0.3 is 0 Å². The number of hydrogen-bond acceptors (Lipinski definition) is 3. The van der Waals surface area contributed by atoms with Gasteiger partial charge in [0, 0.05) is 25.2 Å². The van der Waals surface area contributed by atoms with Crippen LogP contribution >= 0.6 is 0 Å². The van der Waals surface area contributed by atoms with E-state index in [9.17, 15) is 0 Å². The number of rotatable bonds is 7. The molecule has 0 amide bonds. The highest BCUT2D eigenvalue weighted by molar-refractivity contribution is 4.97. The van der Waals surface area contributed by atoms with Crippen molar-refractivity contribution in [2.45, 2.75) is 65.0 Å². The monoisotopic (exact) mass is 270 g/mol. The van der Waals surface area contributed by atoms with Crippen molar-refractivity contribution in [2.24, 2.45) is 17.6 Å². The molecule has 1 fully saturated rings. The maximum absolute atomic E-state index is 6.19. The summed E-state index contributed by atoms with van der Waals surface area (Å²) in [5, 5.41) is 0. The van der Waals surface area contributed by atoms with Crippen LogP contribution in [-0.4, -0.2) is 43.3 Å². The fourth-order valence-electron chi connectivity index (χ4n) is 3.90. The SMILES string of the molecule is CCN(C(C)COC)C1(CN)CCC(C(C)C)CC1. The summed E-state index contributed by atoms with van der Waals surface area (Å²) in [6.45, 7) is 11.9. The molecule has 0 radical (unpaired) electrons. The number of methoxy groups -OCH3 is 1. The van der Waals surface area contributed by atoms with Crippen molar-refractivity contribution in [1.82, 2.24) is 4.90 Å². The number of nitrogens with two attached hydrogens (primary N) is 1. The third kappa shape index (κ3) is 3.93. The molecule has 0 bridgehead atoms. The van der Waals surface area contributed by atoms with Crippen LogP contribution in [0.2, 0.25) is 0 Å². The summed E-state index contributed by atoms with van der Waals surface area (Å²) < 4.78 is 5.34. The molecule has 0 aromatic carbocycles. The molecule has 2 N–H and O–H groups in total. The lowest BCUT2D eigenvalue weighted by Gasteiger charge is -2.50. The minimum Gasteiger partial charge on any atom is -0.383 e. The van der Waals surface area contributed by atoms with Gasteiger partial charge in [-0.3, -0.25) is 4.90 Å². The normalized spacial score (nSPS) is 30.0. The van der Waals surface area contributed by atoms with E-state index in [1.165, 1.54) is 25.7 Å². The van der Waals surface area contributed by atoms with Gasteiger partial charge in [0.2, 0.25) is 0 Å². The molecule has 1 saturated carbocycles. The van der Waals surface area contributed by atoms with Gasteiger partial charge in [-0.05, 0) is 51.0 Å². The lowest BCUT2D eigenvalue weighted by molar-refractivity contribution is -0.0131. The Labute approximate surface area is 119 Å². The molecular weight excluding hydrogens is 236 g/mol. The van der Waals surface area contributed by atoms with E-state index < -0.39 is 0 Å². The summed E-state index contributed by atoms with van der Waals surface area (Å²) in [5.41, 5.74) is 6.39. The molecule has 0 heterocycles. The van der Waals surface area contributed by atoms with Gasteiger partial charge in [0.05, 0.1) is 6.61 Å². The third-order valence-electron chi connectivity index (χ3n) is 5.17. The molecule has 114 valence electrons. The predicted molar refractivity (Wildman–Crippen MR) is 82.3 cm³/mol. The molecule has 0 aliphatic heterocycles. The van der Waals surface area contributed by atoms with Gasteiger partial charge in [0.1, 0.15) is 0 Å². The smallest absolute Gasteiger partial charge is 0.0615 e. The van der Waals surface area contributed by atoms with E-state index in [1.54, 1.807) is 7.11 Å². The summed E-state index contributed by atoms with van der Waals surface area (Å²) >= 11 is 0. The Balaban J connectivity index is 2.74. The maximum Gasteiger partial charge on any atom is 0.0615 e. The minimum atomic E-state index is 0.206. The molecule has 19 heavy (non-hydrogen) atoms. The van der Waals surface area contributed by atoms with E-state index in [1.807, 2.05) is 0 Å². The first kappa shape index (κ1) is 16.9. The molecule has 3 heteroatoms. The highest BCUT2D eigenvalue weighted by Crippen LogP contribution is 2.39. The van der Waals surface area contributed by atoms with Crippen LogP contribution in [0.4, 0.5) is 0 Å². The Morgan fingerprint density at radius 1 is 1.26 bits per heavy atom. The van der Waals surface area contributed by atoms with Crippen molar-refractivity contribution in [2.75, 3.05) is 26.8 Å². The average molecular weight is 270 g/mol. The molecule has 3 nitrogen and oxygen atoms in total. The molecule has 0 spiro atoms. The second-order valence-corrected chi connectivity index (χ2v) is 6.60. The highest BCUT2D eigenvalue weighted by Gasteiger charge is 2.40. The van der Waals surface area contributed by atoms with Gasteiger partial charge in [0.25, 0.3) is 0 Å². The average Bonchev–Trinajstić information content (AvgIpc) is 2.40. The van der Waals surface area contributed by atoms with Crippen molar-refractivity contribution in [3.05, 3.63) is 0 Å². The number of hydrogen-bond donors (Lipinski definition) is 1. The van der Waals surface area contributed by atoms with Gasteiger partial charge in [0.15, 0.2) is 0 Å². The van der Waals surface area contributed by atoms with Crippen LogP contribution in [0, 0.1) is 11.8 Å². The van der Waals surface area contributed by atoms with Crippen molar-refractivity contribution in [1.29, 1.82) is 0 Å². The molecule has 1 aliphatic rings. The van der Waals surface area contributed by atoms with Crippen LogP contribution in [-0.2, 0) is 4.74 Å². The van der Waals surface area contributed by atoms with E-state index in [2.05, 4.69) is 32.6 Å². The van der Waals surface area contributed by atoms with Gasteiger partial charge in [-0.15, -0.1) is 0 Å². The standard InChI is InChI=1S/C16H34N2O/c1-6-18(14(4)11-19-5)16(12-17)9-7-15(8-10-16)13(2)3/h13-15H,6-12,17H2,1-5H3. The van der Waals surface area contributed by atoms with Crippen LogP contribution in [0.15, 0.2) is 0 Å². The van der Waals surface area contributed by atoms with Crippen LogP contribution in [0.25, 0.3) is 0 Å². The Hall–Kier alpha value is -0.120. The maximum atomic E-state index is 6.19. The Morgan fingerprint density at radius 3 is 2.21 bits per heavy atom. The quantitative estimate of drug-likeness (QED) is 0.773. The third-order valence-corrected chi connectivity index (χ3v) is 5.17. The Bertz CT molecular complexity index is 247. The molecule has 0 aromatic heterocycles. The van der Waals surface area contributed by atoms with E-state index in [-0.39, 0.29) is 5.54 Å². The van der Waals surface area contributed by atoms with Crippen LogP contribution in [0.5, 0.6) is 0 Å². The second-order valence-electron chi connectivity index (χ2n) is 6.60. The molecule has 1 rings (SSSR count). The minimum absolute atomic E-state index is 0.206. The highest BCUT2D eigenvalue weighted by atomic mass is 16.5. The first-order chi connectivity index (χ1) is 9.00. The number of likely N-dealkylation sites (N-methyl/N-ethyl adjacent to an activating group) is 1. The van der Waals surface area contributed by atoms with E-state index in [4.69, 9.17) is 10.5 Å². The Morgan fingerprint density at radius 2 is 1.84 bits per heavy atom. The molecule has 0 aromatic rings. The number of ether oxygens (including phenoxy) is 1. The molecule has 0 saturated heterocycles. The summed E-state index contributed by atoms with van der Waals surface area (Å²) in [7, 11) is 1.79. The molecule has 1 unspecified atom stereocenters. The topological polar surface area (TPSA) is 38.5 Å². The van der Waals surface area contributed by atoms with Crippen LogP contribution < -0.4 is 5.73 Å². The van der Waals surface area contributed by atoms with Gasteiger partial charge in [-0.2, -0.15) is 0 Å². The predicted octanol–water partition coefficient (Wildman–Crippen LogP) is 2.89. The molecule has 1 aliphatic carbocycles.